The lowest BCUT2D eigenvalue weighted by Crippen LogP contribution is -2.07. The van der Waals surface area contributed by atoms with Crippen molar-refractivity contribution in [2.24, 2.45) is 7.05 Å². The highest BCUT2D eigenvalue weighted by Crippen LogP contribution is 2.30. The number of aryl methyl sites for hydroxylation is 2. The van der Waals surface area contributed by atoms with E-state index in [0.717, 1.165) is 0 Å². The molecule has 9 heteroatoms. The molecule has 1 aromatic heterocycles. The minimum Gasteiger partial charge on any atom is -0.482 e. The lowest BCUT2D eigenvalue weighted by atomic mass is 10.2. The molecule has 0 unspecified atom stereocenters. The molecule has 0 amide bonds. The summed E-state index contributed by atoms with van der Waals surface area (Å²) in [6.45, 7) is 1.07. The van der Waals surface area contributed by atoms with Gasteiger partial charge >= 0.3 is 0 Å². The Hall–Kier alpha value is -1.83. The molecule has 0 aliphatic heterocycles. The second-order valence-electron chi connectivity index (χ2n) is 4.17. The maximum atomic E-state index is 13.4. The van der Waals surface area contributed by atoms with E-state index in [0.29, 0.717) is 5.69 Å². The zero-order valence-corrected chi connectivity index (χ0v) is 11.5. The number of rotatable bonds is 3. The number of ether oxygens (including phenoxy) is 1. The van der Waals surface area contributed by atoms with Crippen LogP contribution in [0.4, 0.5) is 22.0 Å². The van der Waals surface area contributed by atoms with Crippen molar-refractivity contribution < 1.29 is 26.7 Å². The molecule has 0 saturated carbocycles. The molecule has 0 saturated heterocycles. The fourth-order valence-corrected chi connectivity index (χ4v) is 1.92. The maximum absolute atomic E-state index is 13.4. The summed E-state index contributed by atoms with van der Waals surface area (Å²) in [6, 6.07) is 0. The maximum Gasteiger partial charge on any atom is 0.207 e. The van der Waals surface area contributed by atoms with E-state index in [4.69, 9.17) is 16.3 Å². The summed E-state index contributed by atoms with van der Waals surface area (Å²) >= 11 is 5.87. The van der Waals surface area contributed by atoms with Gasteiger partial charge in [-0.05, 0) is 6.92 Å². The average Bonchev–Trinajstić information content (AvgIpc) is 2.69. The van der Waals surface area contributed by atoms with Gasteiger partial charge in [0.05, 0.1) is 5.69 Å². The Bertz CT molecular complexity index is 687. The van der Waals surface area contributed by atoms with E-state index in [9.17, 15) is 22.0 Å². The van der Waals surface area contributed by atoms with Crippen molar-refractivity contribution >= 4 is 11.6 Å². The Morgan fingerprint density at radius 3 is 1.90 bits per heavy atom. The number of hydrogen-bond donors (Lipinski definition) is 0. The monoisotopic (exact) mass is 326 g/mol. The van der Waals surface area contributed by atoms with Gasteiger partial charge in [0.2, 0.25) is 29.1 Å². The van der Waals surface area contributed by atoms with Gasteiger partial charge in [-0.15, -0.1) is 0 Å². The molecule has 0 aliphatic carbocycles. The van der Waals surface area contributed by atoms with Crippen LogP contribution in [0.25, 0.3) is 0 Å². The average molecular weight is 327 g/mol. The zero-order chi connectivity index (χ0) is 15.9. The molecule has 0 fully saturated rings. The smallest absolute Gasteiger partial charge is 0.207 e. The van der Waals surface area contributed by atoms with Crippen LogP contribution in [0, 0.1) is 36.0 Å². The summed E-state index contributed by atoms with van der Waals surface area (Å²) in [5.74, 6) is -11.8. The first kappa shape index (κ1) is 15.6. The lowest BCUT2D eigenvalue weighted by Gasteiger charge is -2.10. The topological polar surface area (TPSA) is 27.1 Å². The molecule has 1 aromatic carbocycles. The van der Waals surface area contributed by atoms with E-state index in [2.05, 4.69) is 5.10 Å². The van der Waals surface area contributed by atoms with Crippen LogP contribution in [0.3, 0.4) is 0 Å². The number of hydrogen-bond acceptors (Lipinski definition) is 2. The van der Waals surface area contributed by atoms with Gasteiger partial charge in [-0.3, -0.25) is 4.68 Å². The molecule has 2 rings (SSSR count). The van der Waals surface area contributed by atoms with E-state index in [1.807, 2.05) is 0 Å². The number of nitrogens with zero attached hydrogens (tertiary/aromatic N) is 2. The largest absolute Gasteiger partial charge is 0.482 e. The first-order chi connectivity index (χ1) is 9.75. The van der Waals surface area contributed by atoms with Crippen LogP contribution in [0.2, 0.25) is 5.15 Å². The molecule has 0 radical (unpaired) electrons. The molecule has 0 bridgehead atoms. The molecule has 1 heterocycles. The van der Waals surface area contributed by atoms with Crippen molar-refractivity contribution in [1.82, 2.24) is 9.78 Å². The Morgan fingerprint density at radius 1 is 1.00 bits per heavy atom. The second-order valence-corrected chi connectivity index (χ2v) is 4.52. The highest BCUT2D eigenvalue weighted by Gasteiger charge is 2.27. The Balaban J connectivity index is 2.37. The molecule has 0 aliphatic rings. The first-order valence-corrected chi connectivity index (χ1v) is 5.95. The van der Waals surface area contributed by atoms with Gasteiger partial charge in [-0.2, -0.15) is 13.9 Å². The third kappa shape index (κ3) is 2.55. The SMILES string of the molecule is Cc1nn(C)c(Cl)c1COc1c(F)c(F)c(F)c(F)c1F. The molecular weight excluding hydrogens is 319 g/mol. The van der Waals surface area contributed by atoms with Gasteiger partial charge < -0.3 is 4.74 Å². The highest BCUT2D eigenvalue weighted by atomic mass is 35.5. The quantitative estimate of drug-likeness (QED) is 0.489. The van der Waals surface area contributed by atoms with E-state index < -0.39 is 41.4 Å². The van der Waals surface area contributed by atoms with Gasteiger partial charge in [0.15, 0.2) is 5.75 Å². The summed E-state index contributed by atoms with van der Waals surface area (Å²) in [7, 11) is 1.53. The van der Waals surface area contributed by atoms with Crippen LogP contribution in [-0.4, -0.2) is 9.78 Å². The third-order valence-corrected chi connectivity index (χ3v) is 3.27. The Morgan fingerprint density at radius 2 is 1.48 bits per heavy atom. The normalized spacial score (nSPS) is 11.0. The summed E-state index contributed by atoms with van der Waals surface area (Å²) < 4.78 is 71.7. The van der Waals surface area contributed by atoms with Crippen molar-refractivity contribution in [2.75, 3.05) is 0 Å². The van der Waals surface area contributed by atoms with Crippen LogP contribution < -0.4 is 4.74 Å². The first-order valence-electron chi connectivity index (χ1n) is 5.57. The fraction of sp³-hybridized carbons (Fsp3) is 0.250. The lowest BCUT2D eigenvalue weighted by molar-refractivity contribution is 0.253. The summed E-state index contributed by atoms with van der Waals surface area (Å²) in [6.07, 6.45) is 0. The van der Waals surface area contributed by atoms with E-state index >= 15 is 0 Å². The summed E-state index contributed by atoms with van der Waals surface area (Å²) in [5.41, 5.74) is 0.689. The Kier molecular flexibility index (Phi) is 4.08. The predicted octanol–water partition coefficient (Wildman–Crippen LogP) is 3.66. The van der Waals surface area contributed by atoms with Gasteiger partial charge in [-0.1, -0.05) is 11.6 Å². The minimum atomic E-state index is -2.24. The zero-order valence-electron chi connectivity index (χ0n) is 10.8. The molecular formula is C12H8ClF5N2O. The van der Waals surface area contributed by atoms with Crippen molar-refractivity contribution in [2.45, 2.75) is 13.5 Å². The van der Waals surface area contributed by atoms with Crippen molar-refractivity contribution in [3.8, 4) is 5.75 Å². The standard InChI is InChI=1S/C12H8ClF5N2O/c1-4-5(12(13)20(2)19-4)3-21-11-9(17)7(15)6(14)8(16)10(11)18/h3H2,1-2H3. The van der Waals surface area contributed by atoms with Crippen molar-refractivity contribution in [3.63, 3.8) is 0 Å². The molecule has 0 spiro atoms. The molecule has 114 valence electrons. The fourth-order valence-electron chi connectivity index (χ4n) is 1.69. The third-order valence-electron chi connectivity index (χ3n) is 2.80. The molecule has 3 nitrogen and oxygen atoms in total. The highest BCUT2D eigenvalue weighted by molar-refractivity contribution is 6.30. The second kappa shape index (κ2) is 5.51. The van der Waals surface area contributed by atoms with Crippen LogP contribution in [0.1, 0.15) is 11.3 Å². The van der Waals surface area contributed by atoms with Crippen LogP contribution in [-0.2, 0) is 13.7 Å². The minimum absolute atomic E-state index is 0.136. The molecule has 2 aromatic rings. The molecule has 0 atom stereocenters. The van der Waals surface area contributed by atoms with Gasteiger partial charge in [-0.25, -0.2) is 13.2 Å². The van der Waals surface area contributed by atoms with Gasteiger partial charge in [0, 0.05) is 12.6 Å². The summed E-state index contributed by atoms with van der Waals surface area (Å²) in [4.78, 5) is 0. The predicted molar refractivity (Wildman–Crippen MR) is 63.5 cm³/mol. The molecule has 0 N–H and O–H groups in total. The van der Waals surface area contributed by atoms with E-state index in [-0.39, 0.29) is 10.7 Å². The van der Waals surface area contributed by atoms with Crippen molar-refractivity contribution in [1.29, 1.82) is 0 Å². The van der Waals surface area contributed by atoms with Crippen LogP contribution >= 0.6 is 11.6 Å². The molecule has 21 heavy (non-hydrogen) atoms. The van der Waals surface area contributed by atoms with E-state index in [1.165, 1.54) is 11.7 Å². The van der Waals surface area contributed by atoms with Crippen LogP contribution in [0.15, 0.2) is 0 Å². The van der Waals surface area contributed by atoms with Gasteiger partial charge in [0.1, 0.15) is 11.8 Å². The van der Waals surface area contributed by atoms with Gasteiger partial charge in [0.25, 0.3) is 0 Å². The Labute approximate surface area is 120 Å². The van der Waals surface area contributed by atoms with Crippen molar-refractivity contribution in [3.05, 3.63) is 45.5 Å². The number of benzene rings is 1. The number of aromatic nitrogens is 2. The van der Waals surface area contributed by atoms with Crippen LogP contribution in [0.5, 0.6) is 5.75 Å². The van der Waals surface area contributed by atoms with E-state index in [1.54, 1.807) is 6.92 Å². The summed E-state index contributed by atoms with van der Waals surface area (Å²) in [5, 5.41) is 4.06. The number of halogens is 6.